The monoisotopic (exact) mass is 293 g/mol. The summed E-state index contributed by atoms with van der Waals surface area (Å²) in [6.45, 7) is 0.232. The van der Waals surface area contributed by atoms with Gasteiger partial charge in [-0.25, -0.2) is 4.39 Å². The van der Waals surface area contributed by atoms with Crippen molar-refractivity contribution in [2.75, 3.05) is 11.9 Å². The van der Waals surface area contributed by atoms with Crippen LogP contribution in [-0.2, 0) is 4.79 Å². The van der Waals surface area contributed by atoms with Gasteiger partial charge in [-0.2, -0.15) is 0 Å². The van der Waals surface area contributed by atoms with Crippen molar-refractivity contribution < 1.29 is 14.0 Å². The van der Waals surface area contributed by atoms with Crippen LogP contribution in [0.3, 0.4) is 0 Å². The maximum absolute atomic E-state index is 13.8. The molecule has 0 radical (unpaired) electrons. The molecule has 0 aliphatic heterocycles. The lowest BCUT2D eigenvalue weighted by atomic mass is 9.73. The molecule has 1 saturated carbocycles. The fourth-order valence-corrected chi connectivity index (χ4v) is 2.78. The Hall–Kier alpha value is -1.95. The molecule has 1 aromatic carbocycles. The van der Waals surface area contributed by atoms with Crippen molar-refractivity contribution in [1.82, 2.24) is 0 Å². The second kappa shape index (κ2) is 6.22. The Kier molecular flexibility index (Phi) is 4.57. The van der Waals surface area contributed by atoms with Gasteiger partial charge in [0.15, 0.2) is 0 Å². The Morgan fingerprint density at radius 1 is 1.24 bits per heavy atom. The minimum Gasteiger partial charge on any atom is -0.366 e. The minimum absolute atomic E-state index is 0.0327. The first-order valence-corrected chi connectivity index (χ1v) is 7.09. The number of amides is 2. The summed E-state index contributed by atoms with van der Waals surface area (Å²) in [6.07, 6.45) is 4.36. The maximum atomic E-state index is 13.8. The molecule has 0 unspecified atom stereocenters. The van der Waals surface area contributed by atoms with Gasteiger partial charge in [0.25, 0.3) is 0 Å². The van der Waals surface area contributed by atoms with Crippen LogP contribution in [0.2, 0.25) is 0 Å². The molecule has 21 heavy (non-hydrogen) atoms. The van der Waals surface area contributed by atoms with Crippen molar-refractivity contribution in [1.29, 1.82) is 0 Å². The lowest BCUT2D eigenvalue weighted by Gasteiger charge is -2.34. The molecule has 6 heteroatoms. The van der Waals surface area contributed by atoms with Gasteiger partial charge in [0.05, 0.1) is 11.1 Å². The summed E-state index contributed by atoms with van der Waals surface area (Å²) in [6, 6.07) is 3.65. The Morgan fingerprint density at radius 2 is 1.90 bits per heavy atom. The fraction of sp³-hybridized carbons (Fsp3) is 0.467. The molecule has 2 rings (SSSR count). The van der Waals surface area contributed by atoms with E-state index in [2.05, 4.69) is 5.32 Å². The molecule has 0 heterocycles. The van der Waals surface area contributed by atoms with Crippen LogP contribution < -0.4 is 16.8 Å². The number of carbonyl (C=O) groups excluding carboxylic acids is 2. The number of nitrogens with two attached hydrogens (primary N) is 2. The molecule has 5 nitrogen and oxygen atoms in total. The standard InChI is InChI=1S/C15H20FN3O2/c16-11-5-4-10(13(18)20)8-12(11)19-14(21)15(9-17)6-2-1-3-7-15/h4-5,8H,1-3,6-7,9,17H2,(H2,18,20)(H,19,21). The number of nitrogens with one attached hydrogen (secondary N) is 1. The summed E-state index contributed by atoms with van der Waals surface area (Å²) in [7, 11) is 0. The van der Waals surface area contributed by atoms with Crippen molar-refractivity contribution in [2.45, 2.75) is 32.1 Å². The van der Waals surface area contributed by atoms with E-state index in [0.717, 1.165) is 25.3 Å². The van der Waals surface area contributed by atoms with E-state index in [9.17, 15) is 14.0 Å². The van der Waals surface area contributed by atoms with Crippen LogP contribution in [0.5, 0.6) is 0 Å². The minimum atomic E-state index is -0.670. The van der Waals surface area contributed by atoms with E-state index in [1.165, 1.54) is 12.1 Å². The van der Waals surface area contributed by atoms with Gasteiger partial charge >= 0.3 is 0 Å². The summed E-state index contributed by atoms with van der Waals surface area (Å²) in [5, 5.41) is 2.57. The smallest absolute Gasteiger partial charge is 0.248 e. The molecule has 0 aromatic heterocycles. The molecule has 2 amide bonds. The van der Waals surface area contributed by atoms with Crippen LogP contribution in [0.25, 0.3) is 0 Å². The third kappa shape index (κ3) is 3.21. The van der Waals surface area contributed by atoms with Crippen LogP contribution in [0.15, 0.2) is 18.2 Å². The first-order chi connectivity index (χ1) is 9.98. The quantitative estimate of drug-likeness (QED) is 0.789. The number of primary amides is 1. The van der Waals surface area contributed by atoms with Crippen molar-refractivity contribution in [2.24, 2.45) is 16.9 Å². The van der Waals surface area contributed by atoms with Gasteiger partial charge in [-0.15, -0.1) is 0 Å². The zero-order chi connectivity index (χ0) is 15.5. The third-order valence-corrected chi connectivity index (χ3v) is 4.18. The Morgan fingerprint density at radius 3 is 2.48 bits per heavy atom. The number of benzene rings is 1. The zero-order valence-corrected chi connectivity index (χ0v) is 11.8. The molecular formula is C15H20FN3O2. The average molecular weight is 293 g/mol. The number of carbonyl (C=O) groups is 2. The van der Waals surface area contributed by atoms with Gasteiger partial charge in [0.2, 0.25) is 11.8 Å². The van der Waals surface area contributed by atoms with Gasteiger partial charge in [0.1, 0.15) is 5.82 Å². The number of halogens is 1. The van der Waals surface area contributed by atoms with E-state index in [4.69, 9.17) is 11.5 Å². The highest BCUT2D eigenvalue weighted by Crippen LogP contribution is 2.36. The highest BCUT2D eigenvalue weighted by Gasteiger charge is 2.38. The van der Waals surface area contributed by atoms with Gasteiger partial charge in [-0.05, 0) is 31.0 Å². The zero-order valence-electron chi connectivity index (χ0n) is 11.8. The second-order valence-electron chi connectivity index (χ2n) is 5.56. The van der Waals surface area contributed by atoms with E-state index in [1.54, 1.807) is 0 Å². The summed E-state index contributed by atoms with van der Waals surface area (Å²) in [5.41, 5.74) is 10.4. The van der Waals surface area contributed by atoms with Crippen molar-refractivity contribution in [3.63, 3.8) is 0 Å². The molecule has 1 aromatic rings. The third-order valence-electron chi connectivity index (χ3n) is 4.18. The molecule has 0 spiro atoms. The Labute approximate surface area is 122 Å². The van der Waals surface area contributed by atoms with Crippen LogP contribution in [0.1, 0.15) is 42.5 Å². The van der Waals surface area contributed by atoms with E-state index in [-0.39, 0.29) is 23.7 Å². The predicted molar refractivity (Wildman–Crippen MR) is 78.1 cm³/mol. The van der Waals surface area contributed by atoms with E-state index in [1.807, 2.05) is 0 Å². The van der Waals surface area contributed by atoms with Crippen molar-refractivity contribution in [3.05, 3.63) is 29.6 Å². The predicted octanol–water partition coefficient (Wildman–Crippen LogP) is 1.77. The van der Waals surface area contributed by atoms with Crippen LogP contribution in [-0.4, -0.2) is 18.4 Å². The summed E-state index contributed by atoms with van der Waals surface area (Å²) in [5.74, 6) is -1.56. The Balaban J connectivity index is 2.22. The number of hydrogen-bond donors (Lipinski definition) is 3. The lowest BCUT2D eigenvalue weighted by molar-refractivity contribution is -0.126. The highest BCUT2D eigenvalue weighted by molar-refractivity contribution is 5.98. The van der Waals surface area contributed by atoms with E-state index in [0.29, 0.717) is 12.8 Å². The van der Waals surface area contributed by atoms with Gasteiger partial charge < -0.3 is 16.8 Å². The first-order valence-electron chi connectivity index (χ1n) is 7.09. The Bertz CT molecular complexity index is 554. The van der Waals surface area contributed by atoms with E-state index < -0.39 is 17.1 Å². The van der Waals surface area contributed by atoms with Gasteiger partial charge in [-0.3, -0.25) is 9.59 Å². The topological polar surface area (TPSA) is 98.2 Å². The summed E-state index contributed by atoms with van der Waals surface area (Å²) < 4.78 is 13.8. The molecule has 1 fully saturated rings. The molecule has 5 N–H and O–H groups in total. The van der Waals surface area contributed by atoms with Crippen molar-refractivity contribution in [3.8, 4) is 0 Å². The largest absolute Gasteiger partial charge is 0.366 e. The number of rotatable bonds is 4. The normalized spacial score (nSPS) is 17.2. The SMILES string of the molecule is NCC1(C(=O)Nc2cc(C(N)=O)ccc2F)CCCCC1. The highest BCUT2D eigenvalue weighted by atomic mass is 19.1. The summed E-state index contributed by atoms with van der Waals surface area (Å²) in [4.78, 5) is 23.6. The molecule has 114 valence electrons. The second-order valence-corrected chi connectivity index (χ2v) is 5.56. The van der Waals surface area contributed by atoms with Crippen molar-refractivity contribution >= 4 is 17.5 Å². The maximum Gasteiger partial charge on any atom is 0.248 e. The number of anilines is 1. The average Bonchev–Trinajstić information content (AvgIpc) is 2.49. The molecular weight excluding hydrogens is 273 g/mol. The van der Waals surface area contributed by atoms with E-state index >= 15 is 0 Å². The lowest BCUT2D eigenvalue weighted by Crippen LogP contribution is -2.44. The van der Waals surface area contributed by atoms with Gasteiger partial charge in [0, 0.05) is 12.1 Å². The van der Waals surface area contributed by atoms with Crippen LogP contribution >= 0.6 is 0 Å². The molecule has 1 aliphatic carbocycles. The number of hydrogen-bond acceptors (Lipinski definition) is 3. The first kappa shape index (κ1) is 15.4. The molecule has 1 aliphatic rings. The van der Waals surface area contributed by atoms with Gasteiger partial charge in [-0.1, -0.05) is 19.3 Å². The molecule has 0 bridgehead atoms. The molecule has 0 atom stereocenters. The molecule has 0 saturated heterocycles. The summed E-state index contributed by atoms with van der Waals surface area (Å²) >= 11 is 0. The van der Waals surface area contributed by atoms with Crippen LogP contribution in [0, 0.1) is 11.2 Å². The fourth-order valence-electron chi connectivity index (χ4n) is 2.78. The van der Waals surface area contributed by atoms with Crippen LogP contribution in [0.4, 0.5) is 10.1 Å².